The molecule has 0 aromatic heterocycles. The summed E-state index contributed by atoms with van der Waals surface area (Å²) in [5.74, 6) is -1.09. The van der Waals surface area contributed by atoms with Crippen molar-refractivity contribution in [3.8, 4) is 5.75 Å². The third-order valence-electron chi connectivity index (χ3n) is 3.95. The molecule has 0 unspecified atom stereocenters. The van der Waals surface area contributed by atoms with E-state index in [1.807, 2.05) is 0 Å². The minimum Gasteiger partial charge on any atom is -0.422 e. The number of ketones is 1. The van der Waals surface area contributed by atoms with Crippen molar-refractivity contribution in [2.75, 3.05) is 0 Å². The highest BCUT2D eigenvalue weighted by Crippen LogP contribution is 2.22. The maximum Gasteiger partial charge on any atom is 0.343 e. The highest BCUT2D eigenvalue weighted by molar-refractivity contribution is 6.30. The maximum absolute atomic E-state index is 12.6. The van der Waals surface area contributed by atoms with Crippen molar-refractivity contribution in [1.29, 1.82) is 0 Å². The molecular formula is C22H14ClNO5. The average molecular weight is 408 g/mol. The maximum atomic E-state index is 12.6. The minimum absolute atomic E-state index is 0.0122. The predicted octanol–water partition coefficient (Wildman–Crippen LogP) is 5.36. The van der Waals surface area contributed by atoms with Gasteiger partial charge in [0.15, 0.2) is 5.78 Å². The van der Waals surface area contributed by atoms with Crippen LogP contribution in [0.5, 0.6) is 5.75 Å². The van der Waals surface area contributed by atoms with E-state index >= 15 is 0 Å². The molecule has 0 spiro atoms. The predicted molar refractivity (Wildman–Crippen MR) is 109 cm³/mol. The molecule has 7 heteroatoms. The highest BCUT2D eigenvalue weighted by Gasteiger charge is 2.17. The number of carbonyl (C=O) groups excluding carboxylic acids is 2. The van der Waals surface area contributed by atoms with E-state index in [9.17, 15) is 19.7 Å². The number of ether oxygens (including phenoxy) is 1. The molecule has 0 heterocycles. The first kappa shape index (κ1) is 20.0. The molecule has 0 atom stereocenters. The van der Waals surface area contributed by atoms with Crippen LogP contribution in [-0.2, 0) is 0 Å². The van der Waals surface area contributed by atoms with Gasteiger partial charge in [0.05, 0.1) is 16.1 Å². The third kappa shape index (κ3) is 5.15. The molecule has 0 N–H and O–H groups in total. The molecular weight excluding hydrogens is 394 g/mol. The van der Waals surface area contributed by atoms with Crippen LogP contribution in [0.15, 0.2) is 78.9 Å². The standard InChI is InChI=1S/C22H14ClNO5/c23-17-11-8-15(9-12-17)10-13-20(25)19-6-1-2-7-21(19)29-22(26)16-4-3-5-18(14-16)24(27)28/h1-14H. The first-order valence-corrected chi connectivity index (χ1v) is 8.85. The fourth-order valence-electron chi connectivity index (χ4n) is 2.50. The Hall–Kier alpha value is -3.77. The van der Waals surface area contributed by atoms with Crippen molar-refractivity contribution in [2.45, 2.75) is 0 Å². The Morgan fingerprint density at radius 1 is 0.966 bits per heavy atom. The molecule has 0 aliphatic rings. The summed E-state index contributed by atoms with van der Waals surface area (Å²) in [6.07, 6.45) is 2.99. The molecule has 3 aromatic rings. The topological polar surface area (TPSA) is 86.5 Å². The summed E-state index contributed by atoms with van der Waals surface area (Å²) < 4.78 is 5.32. The van der Waals surface area contributed by atoms with Crippen LogP contribution in [0.25, 0.3) is 6.08 Å². The van der Waals surface area contributed by atoms with Gasteiger partial charge in [-0.2, -0.15) is 0 Å². The number of hydrogen-bond acceptors (Lipinski definition) is 5. The quantitative estimate of drug-likeness (QED) is 0.137. The molecule has 6 nitrogen and oxygen atoms in total. The Balaban J connectivity index is 1.80. The van der Waals surface area contributed by atoms with Gasteiger partial charge in [0, 0.05) is 17.2 Å². The van der Waals surface area contributed by atoms with Gasteiger partial charge in [-0.3, -0.25) is 14.9 Å². The summed E-state index contributed by atoms with van der Waals surface area (Å²) in [7, 11) is 0. The number of para-hydroxylation sites is 1. The van der Waals surface area contributed by atoms with Crippen LogP contribution in [0.1, 0.15) is 26.3 Å². The Morgan fingerprint density at radius 3 is 2.41 bits per heavy atom. The van der Waals surface area contributed by atoms with Gasteiger partial charge in [-0.05, 0) is 42.0 Å². The van der Waals surface area contributed by atoms with Crippen molar-refractivity contribution in [3.63, 3.8) is 0 Å². The second kappa shape index (κ2) is 8.95. The zero-order valence-corrected chi connectivity index (χ0v) is 15.7. The first-order chi connectivity index (χ1) is 13.9. The number of rotatable bonds is 6. The SMILES string of the molecule is O=C(Oc1ccccc1C(=O)C=Cc1ccc(Cl)cc1)c1cccc([N+](=O)[O-])c1. The Morgan fingerprint density at radius 2 is 1.69 bits per heavy atom. The van der Waals surface area contributed by atoms with E-state index in [1.54, 1.807) is 42.5 Å². The zero-order chi connectivity index (χ0) is 20.8. The van der Waals surface area contributed by atoms with Gasteiger partial charge < -0.3 is 4.74 Å². The van der Waals surface area contributed by atoms with Crippen LogP contribution >= 0.6 is 11.6 Å². The normalized spacial score (nSPS) is 10.7. The number of esters is 1. The summed E-state index contributed by atoms with van der Waals surface area (Å²) in [5.41, 5.74) is 0.762. The number of nitro groups is 1. The molecule has 3 rings (SSSR count). The lowest BCUT2D eigenvalue weighted by Crippen LogP contribution is -2.11. The number of hydrogen-bond donors (Lipinski definition) is 0. The molecule has 0 fully saturated rings. The zero-order valence-electron chi connectivity index (χ0n) is 14.9. The minimum atomic E-state index is -0.796. The van der Waals surface area contributed by atoms with Gasteiger partial charge in [-0.25, -0.2) is 4.79 Å². The second-order valence-electron chi connectivity index (χ2n) is 5.94. The average Bonchev–Trinajstić information content (AvgIpc) is 2.73. The van der Waals surface area contributed by atoms with Gasteiger partial charge in [-0.1, -0.05) is 48.0 Å². The lowest BCUT2D eigenvalue weighted by Gasteiger charge is -2.08. The summed E-state index contributed by atoms with van der Waals surface area (Å²) >= 11 is 5.84. The molecule has 0 saturated heterocycles. The number of allylic oxidation sites excluding steroid dienone is 1. The molecule has 0 saturated carbocycles. The number of carbonyl (C=O) groups is 2. The van der Waals surface area contributed by atoms with Gasteiger partial charge in [0.2, 0.25) is 0 Å². The van der Waals surface area contributed by atoms with E-state index in [2.05, 4.69) is 0 Å². The monoisotopic (exact) mass is 407 g/mol. The van der Waals surface area contributed by atoms with Crippen molar-refractivity contribution in [1.82, 2.24) is 0 Å². The number of nitro benzene ring substituents is 1. The molecule has 0 aliphatic heterocycles. The van der Waals surface area contributed by atoms with Gasteiger partial charge in [0.1, 0.15) is 5.75 Å². The summed E-state index contributed by atoms with van der Waals surface area (Å²) in [6.45, 7) is 0. The highest BCUT2D eigenvalue weighted by atomic mass is 35.5. The van der Waals surface area contributed by atoms with Crippen LogP contribution in [-0.4, -0.2) is 16.7 Å². The first-order valence-electron chi connectivity index (χ1n) is 8.48. The van der Waals surface area contributed by atoms with E-state index < -0.39 is 10.9 Å². The van der Waals surface area contributed by atoms with Crippen LogP contribution < -0.4 is 4.74 Å². The summed E-state index contributed by atoms with van der Waals surface area (Å²) in [5, 5.41) is 11.5. The second-order valence-corrected chi connectivity index (χ2v) is 6.38. The van der Waals surface area contributed by atoms with Crippen LogP contribution in [0.2, 0.25) is 5.02 Å². The number of nitrogens with zero attached hydrogens (tertiary/aromatic N) is 1. The largest absolute Gasteiger partial charge is 0.422 e. The van der Waals surface area contributed by atoms with Gasteiger partial charge >= 0.3 is 5.97 Å². The van der Waals surface area contributed by atoms with Crippen molar-refractivity contribution >= 4 is 35.1 Å². The van der Waals surface area contributed by atoms with E-state index in [-0.39, 0.29) is 28.3 Å². The van der Waals surface area contributed by atoms with Crippen molar-refractivity contribution < 1.29 is 19.2 Å². The number of non-ortho nitro benzene ring substituents is 1. The number of halogens is 1. The molecule has 0 bridgehead atoms. The third-order valence-corrected chi connectivity index (χ3v) is 4.20. The van der Waals surface area contributed by atoms with Crippen LogP contribution in [0, 0.1) is 10.1 Å². The molecule has 0 amide bonds. The lowest BCUT2D eigenvalue weighted by atomic mass is 10.1. The fraction of sp³-hybridized carbons (Fsp3) is 0. The Kier molecular flexibility index (Phi) is 6.16. The van der Waals surface area contributed by atoms with E-state index in [0.717, 1.165) is 11.6 Å². The molecule has 29 heavy (non-hydrogen) atoms. The lowest BCUT2D eigenvalue weighted by molar-refractivity contribution is -0.384. The molecule has 144 valence electrons. The van der Waals surface area contributed by atoms with Crippen molar-refractivity contribution in [3.05, 3.63) is 111 Å². The van der Waals surface area contributed by atoms with Crippen molar-refractivity contribution in [2.24, 2.45) is 0 Å². The van der Waals surface area contributed by atoms with E-state index in [4.69, 9.17) is 16.3 Å². The van der Waals surface area contributed by atoms with E-state index in [1.165, 1.54) is 36.4 Å². The van der Waals surface area contributed by atoms with E-state index in [0.29, 0.717) is 5.02 Å². The molecule has 0 radical (unpaired) electrons. The Bertz CT molecular complexity index is 1110. The summed E-state index contributed by atoms with van der Waals surface area (Å²) in [6, 6.07) is 18.4. The molecule has 0 aliphatic carbocycles. The number of benzene rings is 3. The summed E-state index contributed by atoms with van der Waals surface area (Å²) in [4.78, 5) is 35.2. The Labute approximate surface area is 171 Å². The molecule has 3 aromatic carbocycles. The fourth-order valence-corrected chi connectivity index (χ4v) is 2.63. The van der Waals surface area contributed by atoms with Gasteiger partial charge in [0.25, 0.3) is 5.69 Å². The van der Waals surface area contributed by atoms with Crippen LogP contribution in [0.3, 0.4) is 0 Å². The smallest absolute Gasteiger partial charge is 0.343 e. The van der Waals surface area contributed by atoms with Crippen LogP contribution in [0.4, 0.5) is 5.69 Å². The van der Waals surface area contributed by atoms with Gasteiger partial charge in [-0.15, -0.1) is 0 Å².